The lowest BCUT2D eigenvalue weighted by atomic mass is 9.81. The van der Waals surface area contributed by atoms with Crippen molar-refractivity contribution in [2.45, 2.75) is 37.6 Å². The monoisotopic (exact) mass is 622 g/mol. The summed E-state index contributed by atoms with van der Waals surface area (Å²) in [6.45, 7) is 1.29. The Hall–Kier alpha value is -4.58. The highest BCUT2D eigenvalue weighted by Crippen LogP contribution is 2.42. The first-order chi connectivity index (χ1) is 21.6. The Kier molecular flexibility index (Phi) is 8.17. The van der Waals surface area contributed by atoms with E-state index in [1.807, 2.05) is 30.1 Å². The highest BCUT2D eigenvalue weighted by molar-refractivity contribution is 5.91. The first kappa shape index (κ1) is 30.4. The second-order valence-electron chi connectivity index (χ2n) is 11.3. The van der Waals surface area contributed by atoms with Crippen LogP contribution >= 0.6 is 0 Å². The number of aryl methyl sites for hydroxylation is 1. The number of alkyl halides is 3. The van der Waals surface area contributed by atoms with Gasteiger partial charge >= 0.3 is 6.18 Å². The minimum absolute atomic E-state index is 0.157. The molecule has 0 saturated carbocycles. The molecule has 234 valence electrons. The number of hydrogen-bond acceptors (Lipinski definition) is 6. The smallest absolute Gasteiger partial charge is 0.419 e. The molecule has 1 saturated heterocycles. The first-order valence-corrected chi connectivity index (χ1v) is 14.5. The van der Waals surface area contributed by atoms with Crippen LogP contribution in [0.25, 0.3) is 22.3 Å². The van der Waals surface area contributed by atoms with E-state index in [0.29, 0.717) is 17.6 Å². The number of piperidine rings is 1. The Morgan fingerprint density at radius 3 is 2.24 bits per heavy atom. The standard InChI is InChI=1S/C33H31F5N6O/c1-43(32(13-15-39-16-14-32)18-21-9-5-3-6-10-21)31-40-19-24-28(42-44(2)30(24)41-31)23-17-25(33(36,37)38)27(35)29(26(23)34)45-20-22-11-7-4-8-12-22/h3-12,17,19,39H,13-16,18,20H2,1-2H3. The van der Waals surface area contributed by atoms with E-state index in [-0.39, 0.29) is 28.9 Å². The molecule has 0 atom stereocenters. The SMILES string of the molecule is CN(c1ncc2c(-c3cc(C(F)(F)F)c(F)c(OCc4ccccc4)c3F)nn(C)c2n1)C1(Cc2ccccc2)CCNCC1. The van der Waals surface area contributed by atoms with Gasteiger partial charge in [0.15, 0.2) is 23.0 Å². The topological polar surface area (TPSA) is 68.1 Å². The molecule has 45 heavy (non-hydrogen) atoms. The van der Waals surface area contributed by atoms with Crippen LogP contribution in [-0.4, -0.2) is 45.4 Å². The van der Waals surface area contributed by atoms with Gasteiger partial charge in [0.05, 0.1) is 10.9 Å². The van der Waals surface area contributed by atoms with Crippen molar-refractivity contribution in [3.63, 3.8) is 0 Å². The summed E-state index contributed by atoms with van der Waals surface area (Å²) >= 11 is 0. The van der Waals surface area contributed by atoms with Gasteiger partial charge in [-0.2, -0.15) is 23.3 Å². The lowest BCUT2D eigenvalue weighted by Crippen LogP contribution is -2.55. The average Bonchev–Trinajstić information content (AvgIpc) is 3.36. The third kappa shape index (κ3) is 5.94. The maximum Gasteiger partial charge on any atom is 0.419 e. The third-order valence-electron chi connectivity index (χ3n) is 8.44. The molecule has 1 fully saturated rings. The van der Waals surface area contributed by atoms with Crippen molar-refractivity contribution in [1.82, 2.24) is 25.1 Å². The summed E-state index contributed by atoms with van der Waals surface area (Å²) in [6.07, 6.45) is -1.26. The maximum atomic E-state index is 15.9. The highest BCUT2D eigenvalue weighted by atomic mass is 19.4. The van der Waals surface area contributed by atoms with Crippen molar-refractivity contribution in [3.05, 3.63) is 101 Å². The lowest BCUT2D eigenvalue weighted by Gasteiger charge is -2.45. The summed E-state index contributed by atoms with van der Waals surface area (Å²) < 4.78 is 79.6. The Morgan fingerprint density at radius 2 is 1.60 bits per heavy atom. The molecule has 7 nitrogen and oxygen atoms in total. The Balaban J connectivity index is 1.41. The van der Waals surface area contributed by atoms with Crippen LogP contribution in [0, 0.1) is 11.6 Å². The number of nitrogens with one attached hydrogen (secondary N) is 1. The van der Waals surface area contributed by atoms with Gasteiger partial charge < -0.3 is 15.0 Å². The summed E-state index contributed by atoms with van der Waals surface area (Å²) in [4.78, 5) is 11.4. The van der Waals surface area contributed by atoms with Crippen LogP contribution in [0.3, 0.4) is 0 Å². The number of hydrogen-bond donors (Lipinski definition) is 1. The van der Waals surface area contributed by atoms with Crippen molar-refractivity contribution in [2.24, 2.45) is 7.05 Å². The molecule has 2 aromatic heterocycles. The Bertz CT molecular complexity index is 1800. The predicted octanol–water partition coefficient (Wildman–Crippen LogP) is 6.71. The summed E-state index contributed by atoms with van der Waals surface area (Å²) in [5.74, 6) is -3.86. The summed E-state index contributed by atoms with van der Waals surface area (Å²) in [7, 11) is 3.49. The number of benzene rings is 3. The normalized spacial score (nSPS) is 14.9. The van der Waals surface area contributed by atoms with Crippen LogP contribution in [-0.2, 0) is 26.3 Å². The van der Waals surface area contributed by atoms with Gasteiger partial charge in [-0.05, 0) is 49.5 Å². The maximum absolute atomic E-state index is 15.9. The molecular weight excluding hydrogens is 591 g/mol. The fraction of sp³-hybridized carbons (Fsp3) is 0.303. The van der Waals surface area contributed by atoms with Crippen molar-refractivity contribution >= 4 is 17.0 Å². The van der Waals surface area contributed by atoms with E-state index in [2.05, 4.69) is 27.5 Å². The molecule has 6 rings (SSSR count). The fourth-order valence-corrected chi connectivity index (χ4v) is 5.95. The Morgan fingerprint density at radius 1 is 0.956 bits per heavy atom. The number of likely N-dealkylation sites (N-methyl/N-ethyl adjacent to an activating group) is 1. The molecule has 1 aliphatic heterocycles. The van der Waals surface area contributed by atoms with Crippen molar-refractivity contribution < 1.29 is 26.7 Å². The van der Waals surface area contributed by atoms with Crippen LogP contribution in [0.4, 0.5) is 27.9 Å². The van der Waals surface area contributed by atoms with E-state index < -0.39 is 34.7 Å². The number of fused-ring (bicyclic) bond motifs is 1. The highest BCUT2D eigenvalue weighted by Gasteiger charge is 2.40. The number of rotatable bonds is 8. The van der Waals surface area contributed by atoms with Gasteiger partial charge in [-0.15, -0.1) is 0 Å². The molecule has 3 aromatic carbocycles. The summed E-state index contributed by atoms with van der Waals surface area (Å²) in [6, 6.07) is 18.9. The molecule has 5 aromatic rings. The predicted molar refractivity (Wildman–Crippen MR) is 161 cm³/mol. The molecule has 0 amide bonds. The summed E-state index contributed by atoms with van der Waals surface area (Å²) in [5.41, 5.74) is -0.690. The van der Waals surface area contributed by atoms with Gasteiger partial charge in [0, 0.05) is 31.4 Å². The minimum Gasteiger partial charge on any atom is -0.483 e. The quantitative estimate of drug-likeness (QED) is 0.194. The van der Waals surface area contributed by atoms with Gasteiger partial charge in [-0.25, -0.2) is 18.4 Å². The van der Waals surface area contributed by atoms with E-state index in [9.17, 15) is 13.2 Å². The van der Waals surface area contributed by atoms with Gasteiger partial charge in [-0.3, -0.25) is 0 Å². The second-order valence-corrected chi connectivity index (χ2v) is 11.3. The van der Waals surface area contributed by atoms with E-state index in [1.54, 1.807) is 37.4 Å². The lowest BCUT2D eigenvalue weighted by molar-refractivity contribution is -0.140. The van der Waals surface area contributed by atoms with E-state index in [1.165, 1.54) is 16.4 Å². The first-order valence-electron chi connectivity index (χ1n) is 14.5. The van der Waals surface area contributed by atoms with Gasteiger partial charge in [0.2, 0.25) is 5.95 Å². The molecule has 12 heteroatoms. The van der Waals surface area contributed by atoms with E-state index in [0.717, 1.165) is 32.4 Å². The fourth-order valence-electron chi connectivity index (χ4n) is 5.95. The van der Waals surface area contributed by atoms with Gasteiger partial charge in [0.1, 0.15) is 12.3 Å². The number of anilines is 1. The molecule has 1 N–H and O–H groups in total. The molecule has 3 heterocycles. The second kappa shape index (κ2) is 12.1. The van der Waals surface area contributed by atoms with Crippen molar-refractivity contribution in [1.29, 1.82) is 0 Å². The third-order valence-corrected chi connectivity index (χ3v) is 8.44. The molecular formula is C33H31F5N6O. The number of aromatic nitrogens is 4. The minimum atomic E-state index is -5.11. The van der Waals surface area contributed by atoms with E-state index >= 15 is 8.78 Å². The molecule has 0 spiro atoms. The van der Waals surface area contributed by atoms with Crippen LogP contribution in [0.15, 0.2) is 72.9 Å². The van der Waals surface area contributed by atoms with Gasteiger partial charge in [-0.1, -0.05) is 60.7 Å². The number of ether oxygens (including phenoxy) is 1. The van der Waals surface area contributed by atoms with Crippen molar-refractivity contribution in [3.8, 4) is 17.0 Å². The van der Waals surface area contributed by atoms with E-state index in [4.69, 9.17) is 9.72 Å². The van der Waals surface area contributed by atoms with Crippen LogP contribution in [0.2, 0.25) is 0 Å². The summed E-state index contributed by atoms with van der Waals surface area (Å²) in [5, 5.41) is 7.95. The van der Waals surface area contributed by atoms with Crippen LogP contribution in [0.1, 0.15) is 29.5 Å². The number of halogens is 5. The average molecular weight is 623 g/mol. The zero-order valence-electron chi connectivity index (χ0n) is 24.7. The van der Waals surface area contributed by atoms with Crippen LogP contribution in [0.5, 0.6) is 5.75 Å². The van der Waals surface area contributed by atoms with Crippen LogP contribution < -0.4 is 15.0 Å². The zero-order chi connectivity index (χ0) is 31.8. The molecule has 1 aliphatic rings. The molecule has 0 radical (unpaired) electrons. The Labute approximate surface area is 256 Å². The molecule has 0 aliphatic carbocycles. The largest absolute Gasteiger partial charge is 0.483 e. The van der Waals surface area contributed by atoms with Gasteiger partial charge in [0.25, 0.3) is 0 Å². The van der Waals surface area contributed by atoms with Crippen molar-refractivity contribution in [2.75, 3.05) is 25.0 Å². The number of nitrogens with zero attached hydrogens (tertiary/aromatic N) is 5. The molecule has 0 unspecified atom stereocenters. The molecule has 0 bridgehead atoms. The zero-order valence-corrected chi connectivity index (χ0v) is 24.7.